The van der Waals surface area contributed by atoms with E-state index in [-0.39, 0.29) is 11.5 Å². The summed E-state index contributed by atoms with van der Waals surface area (Å²) in [6, 6.07) is 14.5. The number of fused-ring (bicyclic) bond motifs is 1. The maximum atomic E-state index is 6.45. The first kappa shape index (κ1) is 11.7. The smallest absolute Gasteiger partial charge is 0.0575 e. The Kier molecular flexibility index (Phi) is 2.82. The van der Waals surface area contributed by atoms with Gasteiger partial charge in [-0.1, -0.05) is 42.5 Å². The van der Waals surface area contributed by atoms with Crippen molar-refractivity contribution in [1.82, 2.24) is 0 Å². The topological polar surface area (TPSA) is 61.3 Å². The average Bonchev–Trinajstić information content (AvgIpc) is 2.37. The quantitative estimate of drug-likeness (QED) is 0.863. The normalized spacial score (nSPS) is 19.4. The lowest BCUT2D eigenvalue weighted by molar-refractivity contribution is -0.121. The molecule has 0 saturated carbocycles. The van der Waals surface area contributed by atoms with Gasteiger partial charge in [0.25, 0.3) is 0 Å². The number of nitrogens with two attached hydrogens (primary N) is 2. The van der Waals surface area contributed by atoms with Crippen molar-refractivity contribution in [3.63, 3.8) is 0 Å². The van der Waals surface area contributed by atoms with Crippen molar-refractivity contribution in [2.24, 2.45) is 16.9 Å². The first-order valence-electron chi connectivity index (χ1n) is 6.28. The van der Waals surface area contributed by atoms with Crippen LogP contribution in [0.25, 0.3) is 10.8 Å². The lowest BCUT2D eigenvalue weighted by atomic mass is 9.75. The number of benzene rings is 2. The van der Waals surface area contributed by atoms with Crippen LogP contribution in [0.3, 0.4) is 0 Å². The Hall–Kier alpha value is -1.42. The van der Waals surface area contributed by atoms with Gasteiger partial charge in [0, 0.05) is 18.0 Å². The van der Waals surface area contributed by atoms with E-state index in [4.69, 9.17) is 16.2 Å². The van der Waals surface area contributed by atoms with Crippen LogP contribution in [0.4, 0.5) is 0 Å². The monoisotopic (exact) mass is 242 g/mol. The number of hydrogen-bond donors (Lipinski definition) is 2. The van der Waals surface area contributed by atoms with E-state index in [9.17, 15) is 0 Å². The van der Waals surface area contributed by atoms with Crippen LogP contribution in [0.2, 0.25) is 0 Å². The Morgan fingerprint density at radius 1 is 1.11 bits per heavy atom. The van der Waals surface area contributed by atoms with E-state index < -0.39 is 0 Å². The molecule has 3 nitrogen and oxygen atoms in total. The van der Waals surface area contributed by atoms with Crippen LogP contribution in [-0.4, -0.2) is 19.8 Å². The van der Waals surface area contributed by atoms with Gasteiger partial charge in [0.2, 0.25) is 0 Å². The highest BCUT2D eigenvalue weighted by molar-refractivity contribution is 5.86. The molecule has 0 aromatic heterocycles. The molecule has 0 amide bonds. The minimum atomic E-state index is -0.0931. The fraction of sp³-hybridized carbons (Fsp3) is 0.333. The van der Waals surface area contributed by atoms with Crippen LogP contribution in [0.5, 0.6) is 0 Å². The van der Waals surface area contributed by atoms with Crippen LogP contribution < -0.4 is 11.5 Å². The molecule has 1 fully saturated rings. The Morgan fingerprint density at radius 3 is 2.50 bits per heavy atom. The van der Waals surface area contributed by atoms with Crippen LogP contribution >= 0.6 is 0 Å². The molecule has 94 valence electrons. The zero-order chi connectivity index (χ0) is 12.6. The van der Waals surface area contributed by atoms with Crippen molar-refractivity contribution in [3.8, 4) is 0 Å². The van der Waals surface area contributed by atoms with E-state index in [1.54, 1.807) is 0 Å². The molecule has 0 bridgehead atoms. The Bertz CT molecular complexity index is 552. The summed E-state index contributed by atoms with van der Waals surface area (Å²) in [4.78, 5) is 0. The van der Waals surface area contributed by atoms with Gasteiger partial charge in [-0.2, -0.15) is 0 Å². The number of hydrogen-bond acceptors (Lipinski definition) is 3. The predicted molar refractivity (Wildman–Crippen MR) is 73.2 cm³/mol. The number of ether oxygens (including phenoxy) is 1. The van der Waals surface area contributed by atoms with Gasteiger partial charge in [-0.25, -0.2) is 0 Å². The highest BCUT2D eigenvalue weighted by Crippen LogP contribution is 2.40. The van der Waals surface area contributed by atoms with E-state index >= 15 is 0 Å². The van der Waals surface area contributed by atoms with Crippen LogP contribution in [0.1, 0.15) is 11.6 Å². The van der Waals surface area contributed by atoms with Gasteiger partial charge in [0.15, 0.2) is 0 Å². The first-order chi connectivity index (χ1) is 8.77. The summed E-state index contributed by atoms with van der Waals surface area (Å²) < 4.78 is 5.32. The number of rotatable bonds is 3. The second kappa shape index (κ2) is 4.35. The van der Waals surface area contributed by atoms with E-state index in [1.165, 1.54) is 16.3 Å². The molecule has 1 heterocycles. The van der Waals surface area contributed by atoms with Gasteiger partial charge < -0.3 is 16.2 Å². The molecule has 1 aliphatic heterocycles. The fourth-order valence-electron chi connectivity index (χ4n) is 2.64. The summed E-state index contributed by atoms with van der Waals surface area (Å²) in [6.45, 7) is 1.89. The molecule has 2 aromatic rings. The lowest BCUT2D eigenvalue weighted by Crippen LogP contribution is -2.54. The Labute approximate surface area is 107 Å². The molecule has 2 aromatic carbocycles. The zero-order valence-corrected chi connectivity index (χ0v) is 10.3. The molecule has 1 aliphatic rings. The van der Waals surface area contributed by atoms with Crippen molar-refractivity contribution in [3.05, 3.63) is 48.0 Å². The van der Waals surface area contributed by atoms with Gasteiger partial charge in [-0.3, -0.25) is 0 Å². The van der Waals surface area contributed by atoms with Gasteiger partial charge in [-0.05, 0) is 16.3 Å². The Morgan fingerprint density at radius 2 is 1.83 bits per heavy atom. The molecule has 1 saturated heterocycles. The predicted octanol–water partition coefficient (Wildman–Crippen LogP) is 1.81. The standard InChI is InChI=1S/C15H18N2O/c16-8-15(9-18-10-15)14(17)13-7-3-5-11-4-1-2-6-12(11)13/h1-7,14H,8-10,16-17H2. The van der Waals surface area contributed by atoms with E-state index in [0.29, 0.717) is 19.8 Å². The van der Waals surface area contributed by atoms with E-state index in [0.717, 1.165) is 0 Å². The van der Waals surface area contributed by atoms with Crippen molar-refractivity contribution in [1.29, 1.82) is 0 Å². The van der Waals surface area contributed by atoms with Gasteiger partial charge in [0.05, 0.1) is 13.2 Å². The van der Waals surface area contributed by atoms with Crippen LogP contribution in [0, 0.1) is 5.41 Å². The molecule has 0 radical (unpaired) electrons. The summed E-state index contributed by atoms with van der Waals surface area (Å²) in [5, 5.41) is 2.44. The summed E-state index contributed by atoms with van der Waals surface area (Å²) in [6.07, 6.45) is 0. The molecule has 3 heteroatoms. The lowest BCUT2D eigenvalue weighted by Gasteiger charge is -2.45. The van der Waals surface area contributed by atoms with Crippen LogP contribution in [0.15, 0.2) is 42.5 Å². The van der Waals surface area contributed by atoms with Crippen molar-refractivity contribution < 1.29 is 4.74 Å². The molecule has 1 unspecified atom stereocenters. The SMILES string of the molecule is NCC1(C(N)c2cccc3ccccc23)COC1. The van der Waals surface area contributed by atoms with Gasteiger partial charge in [0.1, 0.15) is 0 Å². The molecule has 0 aliphatic carbocycles. The summed E-state index contributed by atoms with van der Waals surface area (Å²) in [7, 11) is 0. The Balaban J connectivity index is 2.09. The average molecular weight is 242 g/mol. The maximum absolute atomic E-state index is 6.45. The third-order valence-electron chi connectivity index (χ3n) is 4.00. The minimum Gasteiger partial charge on any atom is -0.380 e. The molecule has 0 spiro atoms. The zero-order valence-electron chi connectivity index (χ0n) is 10.3. The second-order valence-corrected chi connectivity index (χ2v) is 5.11. The fourth-order valence-corrected chi connectivity index (χ4v) is 2.64. The molecular formula is C15H18N2O. The molecule has 4 N–H and O–H groups in total. The summed E-state index contributed by atoms with van der Waals surface area (Å²) in [5.41, 5.74) is 13.4. The highest BCUT2D eigenvalue weighted by Gasteiger charge is 2.43. The third kappa shape index (κ3) is 1.63. The van der Waals surface area contributed by atoms with Crippen molar-refractivity contribution in [2.45, 2.75) is 6.04 Å². The molecule has 3 rings (SSSR count). The highest BCUT2D eigenvalue weighted by atomic mass is 16.5. The summed E-state index contributed by atoms with van der Waals surface area (Å²) in [5.74, 6) is 0. The first-order valence-corrected chi connectivity index (χ1v) is 6.28. The maximum Gasteiger partial charge on any atom is 0.0575 e. The van der Waals surface area contributed by atoms with E-state index in [2.05, 4.69) is 30.3 Å². The second-order valence-electron chi connectivity index (χ2n) is 5.11. The van der Waals surface area contributed by atoms with E-state index in [1.807, 2.05) is 12.1 Å². The van der Waals surface area contributed by atoms with Crippen molar-refractivity contribution >= 4 is 10.8 Å². The molecule has 18 heavy (non-hydrogen) atoms. The summed E-state index contributed by atoms with van der Waals surface area (Å²) >= 11 is 0. The molecular weight excluding hydrogens is 224 g/mol. The van der Waals surface area contributed by atoms with Crippen molar-refractivity contribution in [2.75, 3.05) is 19.8 Å². The van der Waals surface area contributed by atoms with Crippen LogP contribution in [-0.2, 0) is 4.74 Å². The third-order valence-corrected chi connectivity index (χ3v) is 4.00. The largest absolute Gasteiger partial charge is 0.380 e. The molecule has 1 atom stereocenters. The van der Waals surface area contributed by atoms with Gasteiger partial charge in [-0.15, -0.1) is 0 Å². The van der Waals surface area contributed by atoms with Gasteiger partial charge >= 0.3 is 0 Å². The minimum absolute atomic E-state index is 0.0673.